The predicted octanol–water partition coefficient (Wildman–Crippen LogP) is 1.65. The van der Waals surface area contributed by atoms with Gasteiger partial charge < -0.3 is 14.8 Å². The van der Waals surface area contributed by atoms with E-state index >= 15 is 0 Å². The molecule has 0 radical (unpaired) electrons. The number of pyridine rings is 1. The van der Waals surface area contributed by atoms with Crippen molar-refractivity contribution in [1.82, 2.24) is 0 Å². The number of carbonyl (C=O) groups is 1. The fourth-order valence-corrected chi connectivity index (χ4v) is 3.44. The first-order chi connectivity index (χ1) is 10.6. The van der Waals surface area contributed by atoms with Gasteiger partial charge in [-0.3, -0.25) is 0 Å². The van der Waals surface area contributed by atoms with E-state index < -0.39 is 5.97 Å². The van der Waals surface area contributed by atoms with E-state index in [2.05, 4.69) is 30.2 Å². The van der Waals surface area contributed by atoms with E-state index in [0.29, 0.717) is 6.54 Å². The number of carboxylic acid groups (broad SMARTS) is 1. The molecule has 0 bridgehead atoms. The molecular formula is C17H16N2O2S. The summed E-state index contributed by atoms with van der Waals surface area (Å²) in [5.74, 6) is -1.03. The van der Waals surface area contributed by atoms with Crippen LogP contribution in [-0.2, 0) is 11.3 Å². The topological polar surface area (TPSA) is 47.2 Å². The number of rotatable bonds is 4. The first-order valence-corrected chi connectivity index (χ1v) is 7.86. The van der Waals surface area contributed by atoms with Gasteiger partial charge in [-0.25, -0.2) is 4.57 Å². The van der Waals surface area contributed by atoms with Crippen LogP contribution in [0.25, 0.3) is 6.08 Å². The third-order valence-corrected chi connectivity index (χ3v) is 4.72. The highest BCUT2D eigenvalue weighted by Crippen LogP contribution is 2.45. The molecule has 1 aliphatic rings. The molecule has 0 atom stereocenters. The Balaban J connectivity index is 1.75. The van der Waals surface area contributed by atoms with Crippen LogP contribution >= 0.6 is 11.8 Å². The summed E-state index contributed by atoms with van der Waals surface area (Å²) in [6.45, 7) is 0.430. The Hall–Kier alpha value is -2.27. The number of anilines is 1. The quantitative estimate of drug-likeness (QED) is 0.806. The minimum absolute atomic E-state index is 0.0268. The van der Waals surface area contributed by atoms with Crippen LogP contribution in [0.4, 0.5) is 5.69 Å². The number of benzene rings is 1. The van der Waals surface area contributed by atoms with Crippen molar-refractivity contribution in [2.75, 3.05) is 11.9 Å². The summed E-state index contributed by atoms with van der Waals surface area (Å²) in [4.78, 5) is 13.9. The summed E-state index contributed by atoms with van der Waals surface area (Å²) in [6, 6.07) is 12.3. The molecule has 0 saturated carbocycles. The molecule has 0 amide bonds. The number of hydrogen-bond donors (Lipinski definition) is 0. The van der Waals surface area contributed by atoms with Crippen molar-refractivity contribution in [3.05, 3.63) is 59.4 Å². The fourth-order valence-electron chi connectivity index (χ4n) is 2.32. The summed E-state index contributed by atoms with van der Waals surface area (Å²) in [5, 5.41) is 11.6. The third-order valence-electron chi connectivity index (χ3n) is 3.55. The van der Waals surface area contributed by atoms with Crippen LogP contribution in [-0.4, -0.2) is 13.0 Å². The minimum Gasteiger partial charge on any atom is -0.550 e. The van der Waals surface area contributed by atoms with E-state index in [1.165, 1.54) is 15.6 Å². The Morgan fingerprint density at radius 1 is 1.27 bits per heavy atom. The summed E-state index contributed by atoms with van der Waals surface area (Å²) in [5.41, 5.74) is 2.31. The number of hydrogen-bond acceptors (Lipinski definition) is 4. The monoisotopic (exact) mass is 312 g/mol. The smallest absolute Gasteiger partial charge is 0.169 e. The van der Waals surface area contributed by atoms with Crippen molar-refractivity contribution >= 4 is 29.5 Å². The van der Waals surface area contributed by atoms with Crippen LogP contribution in [0, 0.1) is 0 Å². The number of thioether (sulfide) groups is 1. The number of aromatic nitrogens is 1. The molecule has 1 aliphatic heterocycles. The lowest BCUT2D eigenvalue weighted by atomic mass is 10.2. The van der Waals surface area contributed by atoms with E-state index in [1.54, 1.807) is 11.8 Å². The van der Waals surface area contributed by atoms with Gasteiger partial charge in [0, 0.05) is 36.5 Å². The van der Waals surface area contributed by atoms with Gasteiger partial charge in [-0.05, 0) is 23.8 Å². The van der Waals surface area contributed by atoms with Gasteiger partial charge in [0.05, 0.1) is 10.7 Å². The maximum atomic E-state index is 10.5. The largest absolute Gasteiger partial charge is 0.550 e. The van der Waals surface area contributed by atoms with Crippen LogP contribution in [0.3, 0.4) is 0 Å². The number of aliphatic carboxylic acids is 1. The first kappa shape index (κ1) is 14.7. The van der Waals surface area contributed by atoms with E-state index in [0.717, 1.165) is 5.56 Å². The third kappa shape index (κ3) is 3.14. The van der Waals surface area contributed by atoms with E-state index in [1.807, 2.05) is 41.2 Å². The second kappa shape index (κ2) is 6.23. The Morgan fingerprint density at radius 3 is 2.68 bits per heavy atom. The van der Waals surface area contributed by atoms with Gasteiger partial charge in [-0.15, -0.1) is 0 Å². The first-order valence-electron chi connectivity index (χ1n) is 7.05. The number of carboxylic acids is 1. The number of aryl methyl sites for hydroxylation is 1. The molecule has 1 aromatic heterocycles. The molecule has 1 aromatic carbocycles. The van der Waals surface area contributed by atoms with E-state index in [9.17, 15) is 9.90 Å². The van der Waals surface area contributed by atoms with Gasteiger partial charge >= 0.3 is 0 Å². The molecule has 112 valence electrons. The Kier molecular flexibility index (Phi) is 4.15. The summed E-state index contributed by atoms with van der Waals surface area (Å²) >= 11 is 1.75. The molecule has 4 nitrogen and oxygen atoms in total. The molecule has 3 rings (SSSR count). The molecule has 0 unspecified atom stereocenters. The number of nitrogens with zero attached hydrogens (tertiary/aromatic N) is 2. The second-order valence-corrected chi connectivity index (χ2v) is 6.16. The molecule has 22 heavy (non-hydrogen) atoms. The van der Waals surface area contributed by atoms with Gasteiger partial charge in [0.15, 0.2) is 18.9 Å². The Bertz CT molecular complexity index is 726. The van der Waals surface area contributed by atoms with E-state index in [-0.39, 0.29) is 6.42 Å². The molecule has 0 N–H and O–H groups in total. The van der Waals surface area contributed by atoms with Crippen LogP contribution in [0.15, 0.2) is 58.7 Å². The molecular weight excluding hydrogens is 296 g/mol. The van der Waals surface area contributed by atoms with Crippen LogP contribution in [0.1, 0.15) is 12.0 Å². The maximum Gasteiger partial charge on any atom is 0.169 e. The number of fused-ring (bicyclic) bond motifs is 1. The highest BCUT2D eigenvalue weighted by molar-refractivity contribution is 8.03. The zero-order valence-electron chi connectivity index (χ0n) is 12.2. The van der Waals surface area contributed by atoms with Crippen molar-refractivity contribution in [3.8, 4) is 0 Å². The standard InChI is InChI=1S/C17H16N2O2S/c1-18-14-4-2-3-5-15(14)22-16(18)12-13-6-9-19(10-7-13)11-8-17(20)21/h2-7,9-10,12H,8,11H2,1H3. The molecule has 0 aliphatic carbocycles. The van der Waals surface area contributed by atoms with Crippen molar-refractivity contribution in [2.45, 2.75) is 17.9 Å². The lowest BCUT2D eigenvalue weighted by Gasteiger charge is -2.13. The zero-order valence-corrected chi connectivity index (χ0v) is 13.0. The van der Waals surface area contributed by atoms with Gasteiger partial charge in [-0.1, -0.05) is 23.9 Å². The highest BCUT2D eigenvalue weighted by atomic mass is 32.2. The SMILES string of the molecule is CN1/C(=C\c2cc[n+](CCC(=O)[O-])cc2)Sc2ccccc21. The van der Waals surface area contributed by atoms with Crippen LogP contribution in [0.5, 0.6) is 0 Å². The Morgan fingerprint density at radius 2 is 2.00 bits per heavy atom. The summed E-state index contributed by atoms with van der Waals surface area (Å²) < 4.78 is 1.85. The van der Waals surface area contributed by atoms with Crippen molar-refractivity contribution in [2.24, 2.45) is 0 Å². The molecule has 0 spiro atoms. The number of para-hydroxylation sites is 1. The van der Waals surface area contributed by atoms with Crippen molar-refractivity contribution < 1.29 is 14.5 Å². The lowest BCUT2D eigenvalue weighted by molar-refractivity contribution is -0.696. The molecule has 5 heteroatoms. The highest BCUT2D eigenvalue weighted by Gasteiger charge is 2.21. The summed E-state index contributed by atoms with van der Waals surface area (Å²) in [7, 11) is 2.06. The van der Waals surface area contributed by atoms with Crippen molar-refractivity contribution in [1.29, 1.82) is 0 Å². The second-order valence-electron chi connectivity index (χ2n) is 5.10. The van der Waals surface area contributed by atoms with Crippen LogP contribution < -0.4 is 14.6 Å². The van der Waals surface area contributed by atoms with Gasteiger partial charge in [0.25, 0.3) is 0 Å². The maximum absolute atomic E-state index is 10.5. The molecule has 0 saturated heterocycles. The van der Waals surface area contributed by atoms with Gasteiger partial charge in [-0.2, -0.15) is 0 Å². The summed E-state index contributed by atoms with van der Waals surface area (Å²) in [6.07, 6.45) is 5.94. The van der Waals surface area contributed by atoms with Gasteiger partial charge in [0.1, 0.15) is 0 Å². The lowest BCUT2D eigenvalue weighted by Crippen LogP contribution is -2.36. The average Bonchev–Trinajstić information content (AvgIpc) is 2.83. The Labute approximate surface area is 133 Å². The normalized spacial score (nSPS) is 15.1. The minimum atomic E-state index is -1.03. The van der Waals surface area contributed by atoms with Gasteiger partial charge in [0.2, 0.25) is 0 Å². The fraction of sp³-hybridized carbons (Fsp3) is 0.176. The molecule has 0 fully saturated rings. The average molecular weight is 312 g/mol. The predicted molar refractivity (Wildman–Crippen MR) is 84.9 cm³/mol. The van der Waals surface area contributed by atoms with E-state index in [4.69, 9.17) is 0 Å². The number of carbonyl (C=O) groups excluding carboxylic acids is 1. The zero-order chi connectivity index (χ0) is 15.5. The van der Waals surface area contributed by atoms with Crippen LogP contribution in [0.2, 0.25) is 0 Å². The molecule has 2 aromatic rings. The molecule has 2 heterocycles. The van der Waals surface area contributed by atoms with Crippen molar-refractivity contribution in [3.63, 3.8) is 0 Å².